The second-order valence-corrected chi connectivity index (χ2v) is 9.87. The quantitative estimate of drug-likeness (QED) is 0.505. The van der Waals surface area contributed by atoms with E-state index in [9.17, 15) is 21.6 Å². The normalized spacial score (nSPS) is 16.8. The molecule has 1 aromatic heterocycles. The number of aryl methyl sites for hydroxylation is 1. The molecular weight excluding hydrogens is 425 g/mol. The lowest BCUT2D eigenvalue weighted by atomic mass is 9.90. The lowest BCUT2D eigenvalue weighted by molar-refractivity contribution is -0.139. The van der Waals surface area contributed by atoms with Crippen LogP contribution in [0.25, 0.3) is 10.9 Å². The van der Waals surface area contributed by atoms with Crippen LogP contribution in [0.4, 0.5) is 13.2 Å². The second kappa shape index (κ2) is 8.31. The Hall–Kier alpha value is -2.32. The van der Waals surface area contributed by atoms with Crippen LogP contribution < -0.4 is 0 Å². The minimum Gasteiger partial charge on any atom is -0.347 e. The van der Waals surface area contributed by atoms with Crippen molar-refractivity contribution in [2.75, 3.05) is 13.1 Å². The predicted molar refractivity (Wildman–Crippen MR) is 114 cm³/mol. The molecule has 166 valence electrons. The van der Waals surface area contributed by atoms with Crippen LogP contribution >= 0.6 is 0 Å². The third-order valence-corrected chi connectivity index (χ3v) is 7.94. The summed E-state index contributed by atoms with van der Waals surface area (Å²) in [7, 11) is -4.22. The molecule has 31 heavy (non-hydrogen) atoms. The molecule has 4 rings (SSSR count). The van der Waals surface area contributed by atoms with Gasteiger partial charge in [0.1, 0.15) is 0 Å². The number of benzene rings is 2. The molecule has 2 heterocycles. The number of hydrogen-bond acceptors (Lipinski definition) is 2. The molecule has 0 radical (unpaired) electrons. The summed E-state index contributed by atoms with van der Waals surface area (Å²) in [6.45, 7) is 3.43. The fraction of sp³-hybridized carbons (Fsp3) is 0.391. The van der Waals surface area contributed by atoms with Gasteiger partial charge >= 0.3 is 6.18 Å². The zero-order chi connectivity index (χ0) is 22.2. The van der Waals surface area contributed by atoms with Crippen molar-refractivity contribution >= 4 is 20.9 Å². The molecule has 0 N–H and O–H groups in total. The minimum atomic E-state index is -4.72. The van der Waals surface area contributed by atoms with Crippen molar-refractivity contribution in [1.29, 1.82) is 0 Å². The fourth-order valence-corrected chi connectivity index (χ4v) is 6.18. The Balaban J connectivity index is 1.58. The topological polar surface area (TPSA) is 42.3 Å². The average molecular weight is 451 g/mol. The third kappa shape index (κ3) is 4.11. The molecule has 0 spiro atoms. The van der Waals surface area contributed by atoms with E-state index in [0.717, 1.165) is 30.6 Å². The van der Waals surface area contributed by atoms with E-state index < -0.39 is 26.7 Å². The minimum absolute atomic E-state index is 0.173. The Labute approximate surface area is 180 Å². The SMILES string of the molecule is CCCn1cc(C2CCN(S(=O)(=O)c3ccccc3C(F)(F)F)CC2)c2ccccc21. The number of para-hydroxylation sites is 1. The van der Waals surface area contributed by atoms with Crippen molar-refractivity contribution in [2.45, 2.75) is 49.7 Å². The van der Waals surface area contributed by atoms with E-state index in [0.29, 0.717) is 12.8 Å². The van der Waals surface area contributed by atoms with E-state index in [2.05, 4.69) is 29.8 Å². The van der Waals surface area contributed by atoms with E-state index in [1.54, 1.807) is 0 Å². The molecule has 0 amide bonds. The molecule has 8 heteroatoms. The first-order valence-corrected chi connectivity index (χ1v) is 11.9. The predicted octanol–water partition coefficient (Wildman–Crippen LogP) is 5.64. The maximum atomic E-state index is 13.4. The van der Waals surface area contributed by atoms with E-state index in [1.807, 2.05) is 12.1 Å². The summed E-state index contributed by atoms with van der Waals surface area (Å²) in [6.07, 6.45) is -0.403. The number of halogens is 3. The van der Waals surface area contributed by atoms with Gasteiger partial charge in [-0.2, -0.15) is 17.5 Å². The Morgan fingerprint density at radius 3 is 2.32 bits per heavy atom. The Bertz CT molecular complexity index is 1180. The molecule has 0 saturated carbocycles. The standard InChI is InChI=1S/C23H25F3N2O2S/c1-2-13-27-16-19(18-7-3-5-9-21(18)27)17-11-14-28(15-12-17)31(29,30)22-10-6-4-8-20(22)23(24,25)26/h3-10,16-17H,2,11-15H2,1H3. The highest BCUT2D eigenvalue weighted by Gasteiger charge is 2.39. The van der Waals surface area contributed by atoms with Gasteiger partial charge < -0.3 is 4.57 Å². The number of fused-ring (bicyclic) bond motifs is 1. The van der Waals surface area contributed by atoms with Crippen molar-refractivity contribution in [3.05, 3.63) is 65.9 Å². The summed E-state index contributed by atoms with van der Waals surface area (Å²) in [6, 6.07) is 12.6. The molecule has 0 atom stereocenters. The zero-order valence-corrected chi connectivity index (χ0v) is 18.1. The highest BCUT2D eigenvalue weighted by atomic mass is 32.2. The number of alkyl halides is 3. The summed E-state index contributed by atoms with van der Waals surface area (Å²) in [5, 5.41) is 1.17. The first-order chi connectivity index (χ1) is 14.7. The molecule has 4 nitrogen and oxygen atoms in total. The van der Waals surface area contributed by atoms with Gasteiger partial charge in [-0.25, -0.2) is 8.42 Å². The van der Waals surface area contributed by atoms with Crippen molar-refractivity contribution in [3.8, 4) is 0 Å². The van der Waals surface area contributed by atoms with Crippen LogP contribution in [0.15, 0.2) is 59.6 Å². The highest BCUT2D eigenvalue weighted by molar-refractivity contribution is 7.89. The van der Waals surface area contributed by atoms with Gasteiger partial charge in [-0.15, -0.1) is 0 Å². The number of sulfonamides is 1. The van der Waals surface area contributed by atoms with E-state index in [-0.39, 0.29) is 19.0 Å². The molecule has 3 aromatic rings. The Kier molecular flexibility index (Phi) is 5.87. The Morgan fingerprint density at radius 1 is 1.00 bits per heavy atom. The maximum Gasteiger partial charge on any atom is 0.417 e. The van der Waals surface area contributed by atoms with E-state index in [4.69, 9.17) is 0 Å². The van der Waals surface area contributed by atoms with E-state index in [1.165, 1.54) is 27.4 Å². The molecular formula is C23H25F3N2O2S. The van der Waals surface area contributed by atoms with Crippen LogP contribution in [-0.4, -0.2) is 30.4 Å². The van der Waals surface area contributed by atoms with Gasteiger partial charge in [-0.05, 0) is 48.9 Å². The van der Waals surface area contributed by atoms with Crippen molar-refractivity contribution in [2.24, 2.45) is 0 Å². The van der Waals surface area contributed by atoms with Gasteiger partial charge in [0.25, 0.3) is 0 Å². The number of piperidine rings is 1. The van der Waals surface area contributed by atoms with Crippen molar-refractivity contribution in [3.63, 3.8) is 0 Å². The summed E-state index contributed by atoms with van der Waals surface area (Å²) < 4.78 is 69.5. The third-order valence-electron chi connectivity index (χ3n) is 5.99. The Morgan fingerprint density at radius 2 is 1.65 bits per heavy atom. The van der Waals surface area contributed by atoms with Crippen LogP contribution in [0.2, 0.25) is 0 Å². The fourth-order valence-electron chi connectivity index (χ4n) is 4.50. The molecule has 1 saturated heterocycles. The smallest absolute Gasteiger partial charge is 0.347 e. The van der Waals surface area contributed by atoms with E-state index >= 15 is 0 Å². The van der Waals surface area contributed by atoms with Crippen LogP contribution in [0.5, 0.6) is 0 Å². The van der Waals surface area contributed by atoms with Crippen LogP contribution in [0.1, 0.15) is 43.2 Å². The second-order valence-electron chi connectivity index (χ2n) is 7.97. The number of rotatable bonds is 5. The molecule has 0 unspecified atom stereocenters. The lowest BCUT2D eigenvalue weighted by Crippen LogP contribution is -2.38. The van der Waals surface area contributed by atoms with Crippen LogP contribution in [0.3, 0.4) is 0 Å². The number of aromatic nitrogens is 1. The first kappa shape index (κ1) is 21.9. The first-order valence-electron chi connectivity index (χ1n) is 10.5. The van der Waals surface area contributed by atoms with Crippen molar-refractivity contribution in [1.82, 2.24) is 8.87 Å². The maximum absolute atomic E-state index is 13.4. The van der Waals surface area contributed by atoms with Crippen molar-refractivity contribution < 1.29 is 21.6 Å². The van der Waals surface area contributed by atoms with Gasteiger partial charge in [0.15, 0.2) is 0 Å². The molecule has 1 aliphatic rings. The van der Waals surface area contributed by atoms with Gasteiger partial charge in [0, 0.05) is 36.7 Å². The van der Waals surface area contributed by atoms with Crippen LogP contribution in [0, 0.1) is 0 Å². The number of nitrogens with zero attached hydrogens (tertiary/aromatic N) is 2. The lowest BCUT2D eigenvalue weighted by Gasteiger charge is -2.31. The highest BCUT2D eigenvalue weighted by Crippen LogP contribution is 2.38. The number of hydrogen-bond donors (Lipinski definition) is 0. The zero-order valence-electron chi connectivity index (χ0n) is 17.3. The average Bonchev–Trinajstić information content (AvgIpc) is 3.12. The largest absolute Gasteiger partial charge is 0.417 e. The molecule has 0 aliphatic carbocycles. The van der Waals surface area contributed by atoms with Gasteiger partial charge in [-0.1, -0.05) is 37.3 Å². The van der Waals surface area contributed by atoms with Gasteiger partial charge in [-0.3, -0.25) is 0 Å². The summed E-state index contributed by atoms with van der Waals surface area (Å²) >= 11 is 0. The van der Waals surface area contributed by atoms with Crippen LogP contribution in [-0.2, 0) is 22.7 Å². The monoisotopic (exact) mass is 450 g/mol. The molecule has 1 aliphatic heterocycles. The molecule has 0 bridgehead atoms. The molecule has 2 aromatic carbocycles. The van der Waals surface area contributed by atoms with Gasteiger partial charge in [0.2, 0.25) is 10.0 Å². The summed E-state index contributed by atoms with van der Waals surface area (Å²) in [5.74, 6) is 0.173. The summed E-state index contributed by atoms with van der Waals surface area (Å²) in [5.41, 5.74) is 1.24. The summed E-state index contributed by atoms with van der Waals surface area (Å²) in [4.78, 5) is -0.666. The molecule has 1 fully saturated rings. The van der Waals surface area contributed by atoms with Gasteiger partial charge in [0.05, 0.1) is 10.5 Å².